The maximum atomic E-state index is 12.6. The molecule has 1 amide bonds. The number of ether oxygens (including phenoxy) is 1. The molecule has 132 valence electrons. The van der Waals surface area contributed by atoms with Crippen LogP contribution in [0.25, 0.3) is 0 Å². The Labute approximate surface area is 153 Å². The van der Waals surface area contributed by atoms with E-state index in [0.29, 0.717) is 19.8 Å². The maximum absolute atomic E-state index is 12.6. The highest BCUT2D eigenvalue weighted by Crippen LogP contribution is 2.37. The highest BCUT2D eigenvalue weighted by molar-refractivity contribution is 7.10. The van der Waals surface area contributed by atoms with Crippen molar-refractivity contribution in [2.24, 2.45) is 0 Å². The number of hydrogen-bond acceptors (Lipinski definition) is 5. The lowest BCUT2D eigenvalue weighted by Gasteiger charge is -2.36. The van der Waals surface area contributed by atoms with Crippen LogP contribution >= 0.6 is 22.9 Å². The topological polar surface area (TPSA) is 81.5 Å². The summed E-state index contributed by atoms with van der Waals surface area (Å²) in [6.45, 7) is 1.66. The minimum absolute atomic E-state index is 0.0223. The molecule has 25 heavy (non-hydrogen) atoms. The summed E-state index contributed by atoms with van der Waals surface area (Å²) in [5, 5.41) is 16.3. The van der Waals surface area contributed by atoms with E-state index in [4.69, 9.17) is 16.3 Å². The minimum atomic E-state index is -0.575. The standard InChI is InChI=1S/C17H17ClN2O4S/c18-12-3-4-14(20(22)23)13(10-12)16(21)19-11-17(5-7-24-8-6-17)15-2-1-9-25-15/h1-4,9-10H,5-8,11H2,(H,19,21). The molecule has 0 radical (unpaired) electrons. The number of nitrogens with one attached hydrogen (secondary N) is 1. The van der Waals surface area contributed by atoms with E-state index in [1.807, 2.05) is 11.4 Å². The number of carbonyl (C=O) groups is 1. The molecule has 2 aromatic rings. The molecule has 1 aliphatic heterocycles. The number of nitro benzene ring substituents is 1. The lowest BCUT2D eigenvalue weighted by atomic mass is 9.78. The fourth-order valence-corrected chi connectivity index (χ4v) is 4.21. The summed E-state index contributed by atoms with van der Waals surface area (Å²) in [6, 6.07) is 8.03. The van der Waals surface area contributed by atoms with Gasteiger partial charge in [-0.3, -0.25) is 14.9 Å². The lowest BCUT2D eigenvalue weighted by Crippen LogP contribution is -2.44. The van der Waals surface area contributed by atoms with Crippen molar-refractivity contribution in [1.29, 1.82) is 0 Å². The molecule has 8 heteroatoms. The maximum Gasteiger partial charge on any atom is 0.282 e. The molecule has 0 aliphatic carbocycles. The molecule has 1 fully saturated rings. The molecule has 1 aliphatic rings. The first-order valence-corrected chi connectivity index (χ1v) is 9.11. The van der Waals surface area contributed by atoms with Crippen LogP contribution in [0.5, 0.6) is 0 Å². The van der Waals surface area contributed by atoms with E-state index in [1.165, 1.54) is 23.1 Å². The summed E-state index contributed by atoms with van der Waals surface area (Å²) in [6.07, 6.45) is 1.59. The van der Waals surface area contributed by atoms with Crippen LogP contribution in [0.15, 0.2) is 35.7 Å². The Balaban J connectivity index is 1.81. The van der Waals surface area contributed by atoms with Gasteiger partial charge < -0.3 is 10.1 Å². The second kappa shape index (κ2) is 7.51. The van der Waals surface area contributed by atoms with Crippen LogP contribution in [0.2, 0.25) is 5.02 Å². The van der Waals surface area contributed by atoms with Gasteiger partial charge in [0, 0.05) is 41.1 Å². The van der Waals surface area contributed by atoms with Gasteiger partial charge in [-0.15, -0.1) is 11.3 Å². The van der Waals surface area contributed by atoms with Gasteiger partial charge in [0.15, 0.2) is 0 Å². The van der Waals surface area contributed by atoms with Gasteiger partial charge in [0.1, 0.15) is 5.56 Å². The third kappa shape index (κ3) is 3.84. The zero-order valence-electron chi connectivity index (χ0n) is 13.4. The average molecular weight is 381 g/mol. The van der Waals surface area contributed by atoms with Crippen LogP contribution in [0.3, 0.4) is 0 Å². The van der Waals surface area contributed by atoms with E-state index in [-0.39, 0.29) is 21.7 Å². The molecule has 1 aromatic heterocycles. The average Bonchev–Trinajstić information content (AvgIpc) is 3.15. The number of halogens is 1. The van der Waals surface area contributed by atoms with E-state index in [9.17, 15) is 14.9 Å². The second-order valence-corrected chi connectivity index (χ2v) is 7.36. The van der Waals surface area contributed by atoms with Gasteiger partial charge in [0.25, 0.3) is 11.6 Å². The molecule has 1 saturated heterocycles. The quantitative estimate of drug-likeness (QED) is 0.632. The molecule has 0 unspecified atom stereocenters. The minimum Gasteiger partial charge on any atom is -0.381 e. The summed E-state index contributed by atoms with van der Waals surface area (Å²) in [5.74, 6) is -0.489. The predicted octanol–water partition coefficient (Wildman–Crippen LogP) is 3.79. The summed E-state index contributed by atoms with van der Waals surface area (Å²) in [5.41, 5.74) is -0.472. The van der Waals surface area contributed by atoms with E-state index in [2.05, 4.69) is 11.4 Å². The number of amides is 1. The fourth-order valence-electron chi connectivity index (χ4n) is 3.05. The molecule has 1 aromatic carbocycles. The molecule has 0 atom stereocenters. The first-order chi connectivity index (χ1) is 12.0. The van der Waals surface area contributed by atoms with E-state index >= 15 is 0 Å². The normalized spacial score (nSPS) is 16.4. The van der Waals surface area contributed by atoms with Crippen molar-refractivity contribution >= 4 is 34.5 Å². The summed E-state index contributed by atoms with van der Waals surface area (Å²) < 4.78 is 5.47. The molecule has 0 bridgehead atoms. The number of rotatable bonds is 5. The van der Waals surface area contributed by atoms with Crippen molar-refractivity contribution in [1.82, 2.24) is 5.32 Å². The van der Waals surface area contributed by atoms with E-state index in [1.54, 1.807) is 11.3 Å². The van der Waals surface area contributed by atoms with Gasteiger partial charge in [-0.2, -0.15) is 0 Å². The number of carbonyl (C=O) groups excluding carboxylic acids is 1. The van der Waals surface area contributed by atoms with Crippen molar-refractivity contribution in [2.45, 2.75) is 18.3 Å². The second-order valence-electron chi connectivity index (χ2n) is 5.97. The van der Waals surface area contributed by atoms with Crippen molar-refractivity contribution in [3.05, 3.63) is 61.3 Å². The van der Waals surface area contributed by atoms with Gasteiger partial charge >= 0.3 is 0 Å². The predicted molar refractivity (Wildman–Crippen MR) is 96.5 cm³/mol. The number of benzene rings is 1. The third-order valence-electron chi connectivity index (χ3n) is 4.48. The Morgan fingerprint density at radius 1 is 1.36 bits per heavy atom. The van der Waals surface area contributed by atoms with E-state index in [0.717, 1.165) is 12.8 Å². The van der Waals surface area contributed by atoms with Crippen molar-refractivity contribution in [3.63, 3.8) is 0 Å². The lowest BCUT2D eigenvalue weighted by molar-refractivity contribution is -0.385. The van der Waals surface area contributed by atoms with Crippen LogP contribution in [0.1, 0.15) is 28.1 Å². The van der Waals surface area contributed by atoms with Crippen LogP contribution in [0.4, 0.5) is 5.69 Å². The van der Waals surface area contributed by atoms with Crippen LogP contribution in [-0.4, -0.2) is 30.6 Å². The first kappa shape index (κ1) is 17.8. The monoisotopic (exact) mass is 380 g/mol. The van der Waals surface area contributed by atoms with Crippen LogP contribution in [-0.2, 0) is 10.2 Å². The van der Waals surface area contributed by atoms with Gasteiger partial charge in [-0.1, -0.05) is 17.7 Å². The highest BCUT2D eigenvalue weighted by Gasteiger charge is 2.36. The van der Waals surface area contributed by atoms with E-state index < -0.39 is 10.8 Å². The molecule has 1 N–H and O–H groups in total. The summed E-state index contributed by atoms with van der Waals surface area (Å²) in [7, 11) is 0. The molecule has 0 saturated carbocycles. The zero-order valence-corrected chi connectivity index (χ0v) is 14.9. The largest absolute Gasteiger partial charge is 0.381 e. The smallest absolute Gasteiger partial charge is 0.282 e. The molecule has 0 spiro atoms. The van der Waals surface area contributed by atoms with Crippen molar-refractivity contribution in [3.8, 4) is 0 Å². The van der Waals surface area contributed by atoms with Gasteiger partial charge in [0.05, 0.1) is 4.92 Å². The molecular weight excluding hydrogens is 364 g/mol. The Hall–Kier alpha value is -1.96. The molecule has 6 nitrogen and oxygen atoms in total. The number of hydrogen-bond donors (Lipinski definition) is 1. The zero-order chi connectivity index (χ0) is 17.9. The fraction of sp³-hybridized carbons (Fsp3) is 0.353. The molecule has 2 heterocycles. The van der Waals surface area contributed by atoms with Gasteiger partial charge in [-0.05, 0) is 36.4 Å². The Morgan fingerprint density at radius 3 is 2.76 bits per heavy atom. The van der Waals surface area contributed by atoms with Crippen LogP contribution in [0, 0.1) is 10.1 Å². The molecular formula is C17H17ClN2O4S. The first-order valence-electron chi connectivity index (χ1n) is 7.86. The summed E-state index contributed by atoms with van der Waals surface area (Å²) in [4.78, 5) is 24.4. The number of nitrogens with zero attached hydrogens (tertiary/aromatic N) is 1. The third-order valence-corrected chi connectivity index (χ3v) is 5.83. The Morgan fingerprint density at radius 2 is 2.12 bits per heavy atom. The summed E-state index contributed by atoms with van der Waals surface area (Å²) >= 11 is 7.56. The van der Waals surface area contributed by atoms with Crippen molar-refractivity contribution < 1.29 is 14.5 Å². The van der Waals surface area contributed by atoms with Crippen LogP contribution < -0.4 is 5.32 Å². The Kier molecular flexibility index (Phi) is 5.36. The van der Waals surface area contributed by atoms with Gasteiger partial charge in [-0.25, -0.2) is 0 Å². The molecule has 3 rings (SSSR count). The SMILES string of the molecule is O=C(NCC1(c2cccs2)CCOCC1)c1cc(Cl)ccc1[N+](=O)[O-]. The number of nitro groups is 1. The van der Waals surface area contributed by atoms with Crippen molar-refractivity contribution in [2.75, 3.05) is 19.8 Å². The highest BCUT2D eigenvalue weighted by atomic mass is 35.5. The Bertz CT molecular complexity index is 773. The number of thiophene rings is 1. The van der Waals surface area contributed by atoms with Gasteiger partial charge in [0.2, 0.25) is 0 Å².